The van der Waals surface area contributed by atoms with Gasteiger partial charge in [-0.1, -0.05) is 50.0 Å². The van der Waals surface area contributed by atoms with Gasteiger partial charge >= 0.3 is 0 Å². The minimum Gasteiger partial charge on any atom is -0.352 e. The van der Waals surface area contributed by atoms with Gasteiger partial charge in [-0.2, -0.15) is 0 Å². The molecular formula is C30H29Cl2FN4O3. The number of aromatic nitrogens is 1. The Balaban J connectivity index is 1.56. The SMILES string of the molecule is CCCn1c(C(=O)Nc2ccc(F)c(Cl)c2)cc2cc(NC(=O)c3cc(CNC(=O)C(C)C)ccc3Cl)ccc21. The van der Waals surface area contributed by atoms with E-state index in [2.05, 4.69) is 16.0 Å². The lowest BCUT2D eigenvalue weighted by molar-refractivity contribution is -0.124. The van der Waals surface area contributed by atoms with Gasteiger partial charge in [0.1, 0.15) is 11.5 Å². The van der Waals surface area contributed by atoms with E-state index in [1.54, 1.807) is 50.2 Å². The van der Waals surface area contributed by atoms with Crippen molar-refractivity contribution in [3.8, 4) is 0 Å². The van der Waals surface area contributed by atoms with Crippen molar-refractivity contribution < 1.29 is 18.8 Å². The highest BCUT2D eigenvalue weighted by Crippen LogP contribution is 2.27. The van der Waals surface area contributed by atoms with Gasteiger partial charge in [0.15, 0.2) is 0 Å². The zero-order chi connectivity index (χ0) is 29.0. The molecule has 40 heavy (non-hydrogen) atoms. The maximum atomic E-state index is 13.5. The normalized spacial score (nSPS) is 11.1. The highest BCUT2D eigenvalue weighted by atomic mass is 35.5. The zero-order valence-corrected chi connectivity index (χ0v) is 23.8. The smallest absolute Gasteiger partial charge is 0.272 e. The molecule has 0 atom stereocenters. The molecule has 0 bridgehead atoms. The van der Waals surface area contributed by atoms with Gasteiger partial charge in [0, 0.05) is 41.3 Å². The molecule has 4 aromatic rings. The minimum atomic E-state index is -0.569. The van der Waals surface area contributed by atoms with Gasteiger partial charge in [-0.15, -0.1) is 0 Å². The van der Waals surface area contributed by atoms with Crippen molar-refractivity contribution in [1.82, 2.24) is 9.88 Å². The average molecular weight is 583 g/mol. The fraction of sp³-hybridized carbons (Fsp3) is 0.233. The number of nitrogens with one attached hydrogen (secondary N) is 3. The first kappa shape index (κ1) is 29.1. The molecule has 208 valence electrons. The van der Waals surface area contributed by atoms with E-state index >= 15 is 0 Å². The van der Waals surface area contributed by atoms with Crippen LogP contribution in [0.15, 0.2) is 60.7 Å². The molecule has 0 aliphatic heterocycles. The number of fused-ring (bicyclic) bond motifs is 1. The van der Waals surface area contributed by atoms with Gasteiger partial charge in [-0.3, -0.25) is 14.4 Å². The highest BCUT2D eigenvalue weighted by Gasteiger charge is 2.18. The van der Waals surface area contributed by atoms with E-state index < -0.39 is 11.7 Å². The zero-order valence-electron chi connectivity index (χ0n) is 22.3. The molecule has 0 saturated heterocycles. The number of halogens is 3. The Morgan fingerprint density at radius 3 is 2.27 bits per heavy atom. The van der Waals surface area contributed by atoms with Gasteiger partial charge < -0.3 is 20.5 Å². The predicted molar refractivity (Wildman–Crippen MR) is 158 cm³/mol. The van der Waals surface area contributed by atoms with Crippen LogP contribution in [0, 0.1) is 11.7 Å². The lowest BCUT2D eigenvalue weighted by atomic mass is 10.1. The first-order valence-electron chi connectivity index (χ1n) is 12.8. The fourth-order valence-electron chi connectivity index (χ4n) is 4.22. The number of nitrogens with zero attached hydrogens (tertiary/aromatic N) is 1. The van der Waals surface area contributed by atoms with Crippen LogP contribution in [0.1, 0.15) is 53.6 Å². The summed E-state index contributed by atoms with van der Waals surface area (Å²) in [5.41, 5.74) is 3.16. The first-order valence-corrected chi connectivity index (χ1v) is 13.6. The Morgan fingerprint density at radius 1 is 0.875 bits per heavy atom. The second kappa shape index (κ2) is 12.5. The molecule has 7 nitrogen and oxygen atoms in total. The molecule has 10 heteroatoms. The van der Waals surface area contributed by atoms with Gasteiger partial charge in [-0.05, 0) is 66.6 Å². The molecule has 3 N–H and O–H groups in total. The highest BCUT2D eigenvalue weighted by molar-refractivity contribution is 6.34. The van der Waals surface area contributed by atoms with E-state index in [9.17, 15) is 18.8 Å². The molecule has 0 spiro atoms. The van der Waals surface area contributed by atoms with Crippen LogP contribution < -0.4 is 16.0 Å². The fourth-order valence-corrected chi connectivity index (χ4v) is 4.60. The lowest BCUT2D eigenvalue weighted by Gasteiger charge is -2.12. The minimum absolute atomic E-state index is 0.0845. The molecule has 0 aliphatic rings. The van der Waals surface area contributed by atoms with Crippen LogP contribution in [0.5, 0.6) is 0 Å². The summed E-state index contributed by atoms with van der Waals surface area (Å²) >= 11 is 12.2. The number of rotatable bonds is 9. The molecule has 3 aromatic carbocycles. The van der Waals surface area contributed by atoms with Gasteiger partial charge in [0.25, 0.3) is 11.8 Å². The standard InChI is InChI=1S/C30H29Cl2FN4O3/c1-4-11-37-26-10-7-20(13-19(26)14-27(37)30(40)36-21-6-9-25(33)24(32)15-21)35-29(39)22-12-18(5-8-23(22)31)16-34-28(38)17(2)3/h5-10,12-15,17H,4,11,16H2,1-3H3,(H,34,38)(H,35,39)(H,36,40). The quantitative estimate of drug-likeness (QED) is 0.194. The first-order chi connectivity index (χ1) is 19.1. The van der Waals surface area contributed by atoms with E-state index in [-0.39, 0.29) is 39.9 Å². The van der Waals surface area contributed by atoms with Crippen molar-refractivity contribution in [2.45, 2.75) is 40.3 Å². The van der Waals surface area contributed by atoms with Crippen LogP contribution >= 0.6 is 23.2 Å². The molecule has 0 unspecified atom stereocenters. The number of aryl methyl sites for hydroxylation is 1. The van der Waals surface area contributed by atoms with Gasteiger partial charge in [0.05, 0.1) is 15.6 Å². The monoisotopic (exact) mass is 582 g/mol. The third kappa shape index (κ3) is 6.63. The maximum absolute atomic E-state index is 13.5. The second-order valence-corrected chi connectivity index (χ2v) is 10.5. The van der Waals surface area contributed by atoms with Crippen molar-refractivity contribution in [3.63, 3.8) is 0 Å². The molecular weight excluding hydrogens is 554 g/mol. The van der Waals surface area contributed by atoms with E-state index in [4.69, 9.17) is 23.2 Å². The van der Waals surface area contributed by atoms with Gasteiger partial charge in [-0.25, -0.2) is 4.39 Å². The molecule has 4 rings (SSSR count). The molecule has 0 aliphatic carbocycles. The van der Waals surface area contributed by atoms with Crippen molar-refractivity contribution >= 4 is 63.2 Å². The number of carbonyl (C=O) groups is 3. The molecule has 3 amide bonds. The lowest BCUT2D eigenvalue weighted by Crippen LogP contribution is -2.27. The summed E-state index contributed by atoms with van der Waals surface area (Å²) in [6, 6.07) is 16.1. The summed E-state index contributed by atoms with van der Waals surface area (Å²) in [6.45, 7) is 6.49. The Kier molecular flexibility index (Phi) is 9.12. The van der Waals surface area contributed by atoms with Gasteiger partial charge in [0.2, 0.25) is 5.91 Å². The van der Waals surface area contributed by atoms with Crippen LogP contribution in [0.3, 0.4) is 0 Å². The number of hydrogen-bond acceptors (Lipinski definition) is 3. The third-order valence-electron chi connectivity index (χ3n) is 6.28. The maximum Gasteiger partial charge on any atom is 0.272 e. The van der Waals surface area contributed by atoms with Crippen LogP contribution in [0.25, 0.3) is 10.9 Å². The topological polar surface area (TPSA) is 92.2 Å². The van der Waals surface area contributed by atoms with Crippen LogP contribution in [0.4, 0.5) is 15.8 Å². The largest absolute Gasteiger partial charge is 0.352 e. The molecule has 1 aromatic heterocycles. The molecule has 0 saturated carbocycles. The Morgan fingerprint density at radius 2 is 1.57 bits per heavy atom. The van der Waals surface area contributed by atoms with E-state index in [0.717, 1.165) is 22.9 Å². The number of hydrogen-bond donors (Lipinski definition) is 3. The van der Waals surface area contributed by atoms with Crippen molar-refractivity contribution in [2.75, 3.05) is 10.6 Å². The van der Waals surface area contributed by atoms with E-state index in [1.165, 1.54) is 18.2 Å². The number of carbonyl (C=O) groups excluding carboxylic acids is 3. The molecule has 0 fully saturated rings. The summed E-state index contributed by atoms with van der Waals surface area (Å²) in [6.07, 6.45) is 0.789. The van der Waals surface area contributed by atoms with Crippen molar-refractivity contribution in [3.05, 3.63) is 93.3 Å². The summed E-state index contributed by atoms with van der Waals surface area (Å²) in [5, 5.41) is 9.42. The van der Waals surface area contributed by atoms with Crippen LogP contribution in [-0.2, 0) is 17.9 Å². The average Bonchev–Trinajstić information content (AvgIpc) is 3.27. The Labute approximate surface area is 241 Å². The Bertz CT molecular complexity index is 1600. The van der Waals surface area contributed by atoms with Crippen LogP contribution in [-0.4, -0.2) is 22.3 Å². The summed E-state index contributed by atoms with van der Waals surface area (Å²) in [7, 11) is 0. The number of benzene rings is 3. The molecule has 1 heterocycles. The summed E-state index contributed by atoms with van der Waals surface area (Å²) < 4.78 is 15.4. The number of amides is 3. The van der Waals surface area contributed by atoms with Crippen molar-refractivity contribution in [2.24, 2.45) is 5.92 Å². The molecule has 0 radical (unpaired) electrons. The Hall–Kier alpha value is -3.88. The van der Waals surface area contributed by atoms with E-state index in [1.807, 2.05) is 17.6 Å². The number of anilines is 2. The van der Waals surface area contributed by atoms with Crippen LogP contribution in [0.2, 0.25) is 10.0 Å². The third-order valence-corrected chi connectivity index (χ3v) is 6.90. The van der Waals surface area contributed by atoms with Crippen molar-refractivity contribution in [1.29, 1.82) is 0 Å². The predicted octanol–water partition coefficient (Wildman–Crippen LogP) is 7.27. The van der Waals surface area contributed by atoms with E-state index in [0.29, 0.717) is 23.6 Å². The second-order valence-electron chi connectivity index (χ2n) is 9.68. The summed E-state index contributed by atoms with van der Waals surface area (Å²) in [4.78, 5) is 38.2. The summed E-state index contributed by atoms with van der Waals surface area (Å²) in [5.74, 6) is -1.57.